The van der Waals surface area contributed by atoms with Crippen molar-refractivity contribution in [2.45, 2.75) is 83.0 Å². The van der Waals surface area contributed by atoms with Gasteiger partial charge < -0.3 is 5.32 Å². The highest BCUT2D eigenvalue weighted by atomic mass is 15.2. The first-order valence-electron chi connectivity index (χ1n) is 7.21. The van der Waals surface area contributed by atoms with Crippen LogP contribution in [-0.4, -0.2) is 36.1 Å². The van der Waals surface area contributed by atoms with Crippen LogP contribution in [0.5, 0.6) is 0 Å². The Kier molecular flexibility index (Phi) is 4.26. The second-order valence-corrected chi connectivity index (χ2v) is 5.73. The lowest BCUT2D eigenvalue weighted by atomic mass is 9.89. The van der Waals surface area contributed by atoms with Crippen LogP contribution in [0.1, 0.15) is 58.8 Å². The van der Waals surface area contributed by atoms with Gasteiger partial charge in [-0.25, -0.2) is 0 Å². The average molecular weight is 224 g/mol. The lowest BCUT2D eigenvalue weighted by Crippen LogP contribution is -2.46. The van der Waals surface area contributed by atoms with Gasteiger partial charge in [-0.2, -0.15) is 0 Å². The summed E-state index contributed by atoms with van der Waals surface area (Å²) in [5.74, 6) is 0. The van der Waals surface area contributed by atoms with Crippen LogP contribution < -0.4 is 5.32 Å². The van der Waals surface area contributed by atoms with Crippen LogP contribution in [0.4, 0.5) is 0 Å². The largest absolute Gasteiger partial charge is 0.317 e. The van der Waals surface area contributed by atoms with Gasteiger partial charge in [-0.15, -0.1) is 0 Å². The van der Waals surface area contributed by atoms with E-state index in [2.05, 4.69) is 31.1 Å². The molecule has 1 aliphatic carbocycles. The third kappa shape index (κ3) is 2.43. The Hall–Kier alpha value is -0.0800. The van der Waals surface area contributed by atoms with Crippen LogP contribution in [0.2, 0.25) is 0 Å². The SMILES string of the molecule is CCC1CCC(C)N1C1CCC(NC)CC1. The highest BCUT2D eigenvalue weighted by molar-refractivity contribution is 4.92. The van der Waals surface area contributed by atoms with E-state index in [1.54, 1.807) is 0 Å². The highest BCUT2D eigenvalue weighted by Gasteiger charge is 2.36. The minimum absolute atomic E-state index is 0.786. The van der Waals surface area contributed by atoms with E-state index in [0.717, 1.165) is 24.2 Å². The van der Waals surface area contributed by atoms with Gasteiger partial charge >= 0.3 is 0 Å². The second-order valence-electron chi connectivity index (χ2n) is 5.73. The first-order chi connectivity index (χ1) is 7.76. The Bertz CT molecular complexity index is 209. The molecule has 1 N–H and O–H groups in total. The fourth-order valence-corrected chi connectivity index (χ4v) is 3.83. The molecule has 2 rings (SSSR count). The second kappa shape index (κ2) is 5.50. The van der Waals surface area contributed by atoms with Gasteiger partial charge in [0.15, 0.2) is 0 Å². The maximum atomic E-state index is 3.43. The molecule has 0 amide bonds. The predicted octanol–water partition coefficient (Wildman–Crippen LogP) is 2.78. The molecule has 2 atom stereocenters. The summed E-state index contributed by atoms with van der Waals surface area (Å²) in [7, 11) is 2.11. The number of nitrogens with one attached hydrogen (secondary N) is 1. The molecule has 1 heterocycles. The summed E-state index contributed by atoms with van der Waals surface area (Å²) < 4.78 is 0. The molecule has 2 fully saturated rings. The number of hydrogen-bond acceptors (Lipinski definition) is 2. The van der Waals surface area contributed by atoms with Gasteiger partial charge in [0, 0.05) is 24.2 Å². The molecule has 2 heteroatoms. The number of nitrogens with zero attached hydrogens (tertiary/aromatic N) is 1. The Morgan fingerprint density at radius 1 is 1.06 bits per heavy atom. The zero-order chi connectivity index (χ0) is 11.5. The fraction of sp³-hybridized carbons (Fsp3) is 1.00. The standard InChI is InChI=1S/C14H28N2/c1-4-13-8-5-11(2)16(13)14-9-6-12(15-3)7-10-14/h11-15H,4-10H2,1-3H3. The van der Waals surface area contributed by atoms with Crippen molar-refractivity contribution in [2.24, 2.45) is 0 Å². The minimum Gasteiger partial charge on any atom is -0.317 e. The van der Waals surface area contributed by atoms with Crippen LogP contribution in [0.25, 0.3) is 0 Å². The van der Waals surface area contributed by atoms with Gasteiger partial charge in [0.2, 0.25) is 0 Å². The molecular weight excluding hydrogens is 196 g/mol. The summed E-state index contributed by atoms with van der Waals surface area (Å²) in [6.07, 6.45) is 9.77. The Labute approximate surface area is 101 Å². The molecule has 0 aromatic rings. The van der Waals surface area contributed by atoms with Crippen molar-refractivity contribution >= 4 is 0 Å². The monoisotopic (exact) mass is 224 g/mol. The zero-order valence-electron chi connectivity index (χ0n) is 11.2. The molecule has 0 radical (unpaired) electrons. The van der Waals surface area contributed by atoms with E-state index in [-0.39, 0.29) is 0 Å². The Balaban J connectivity index is 1.91. The molecule has 1 saturated carbocycles. The average Bonchev–Trinajstić information content (AvgIpc) is 2.70. The maximum absolute atomic E-state index is 3.43. The summed E-state index contributed by atoms with van der Waals surface area (Å²) in [6.45, 7) is 4.79. The van der Waals surface area contributed by atoms with Gasteiger partial charge in [0.1, 0.15) is 0 Å². The predicted molar refractivity (Wildman–Crippen MR) is 69.7 cm³/mol. The van der Waals surface area contributed by atoms with Crippen LogP contribution in [0.15, 0.2) is 0 Å². The summed E-state index contributed by atoms with van der Waals surface area (Å²) in [6, 6.07) is 3.38. The molecule has 2 aliphatic rings. The Morgan fingerprint density at radius 3 is 2.31 bits per heavy atom. The van der Waals surface area contributed by atoms with Crippen LogP contribution in [0, 0.1) is 0 Å². The molecule has 0 aromatic carbocycles. The highest BCUT2D eigenvalue weighted by Crippen LogP contribution is 2.34. The first-order valence-corrected chi connectivity index (χ1v) is 7.21. The lowest BCUT2D eigenvalue weighted by molar-refractivity contribution is 0.0962. The van der Waals surface area contributed by atoms with Crippen LogP contribution in [0.3, 0.4) is 0 Å². The molecule has 1 saturated heterocycles. The zero-order valence-corrected chi connectivity index (χ0v) is 11.2. The molecule has 16 heavy (non-hydrogen) atoms. The normalized spacial score (nSPS) is 41.4. The quantitative estimate of drug-likeness (QED) is 0.793. The van der Waals surface area contributed by atoms with Gasteiger partial charge in [-0.3, -0.25) is 4.90 Å². The van der Waals surface area contributed by atoms with E-state index in [1.165, 1.54) is 44.9 Å². The summed E-state index contributed by atoms with van der Waals surface area (Å²) in [5, 5.41) is 3.43. The fourth-order valence-electron chi connectivity index (χ4n) is 3.83. The molecular formula is C14H28N2. The topological polar surface area (TPSA) is 15.3 Å². The van der Waals surface area contributed by atoms with E-state index in [0.29, 0.717) is 0 Å². The molecule has 0 spiro atoms. The maximum Gasteiger partial charge on any atom is 0.0102 e. The summed E-state index contributed by atoms with van der Waals surface area (Å²) in [5.41, 5.74) is 0. The van der Waals surface area contributed by atoms with Crippen molar-refractivity contribution in [3.63, 3.8) is 0 Å². The van der Waals surface area contributed by atoms with E-state index in [1.807, 2.05) is 0 Å². The van der Waals surface area contributed by atoms with Crippen molar-refractivity contribution < 1.29 is 0 Å². The van der Waals surface area contributed by atoms with Gasteiger partial charge in [0.25, 0.3) is 0 Å². The van der Waals surface area contributed by atoms with E-state index < -0.39 is 0 Å². The molecule has 94 valence electrons. The van der Waals surface area contributed by atoms with Crippen molar-refractivity contribution in [1.29, 1.82) is 0 Å². The number of rotatable bonds is 3. The van der Waals surface area contributed by atoms with E-state index in [9.17, 15) is 0 Å². The molecule has 2 nitrogen and oxygen atoms in total. The van der Waals surface area contributed by atoms with Crippen LogP contribution in [-0.2, 0) is 0 Å². The van der Waals surface area contributed by atoms with Crippen molar-refractivity contribution in [2.75, 3.05) is 7.05 Å². The Morgan fingerprint density at radius 2 is 1.75 bits per heavy atom. The smallest absolute Gasteiger partial charge is 0.0102 e. The summed E-state index contributed by atoms with van der Waals surface area (Å²) in [4.78, 5) is 2.85. The minimum atomic E-state index is 0.786. The van der Waals surface area contributed by atoms with Crippen molar-refractivity contribution in [3.05, 3.63) is 0 Å². The number of hydrogen-bond donors (Lipinski definition) is 1. The van der Waals surface area contributed by atoms with Crippen molar-refractivity contribution in [1.82, 2.24) is 10.2 Å². The molecule has 2 unspecified atom stereocenters. The third-order valence-corrected chi connectivity index (χ3v) is 4.85. The lowest BCUT2D eigenvalue weighted by Gasteiger charge is -2.40. The van der Waals surface area contributed by atoms with Gasteiger partial charge in [-0.05, 0) is 58.9 Å². The first kappa shape index (κ1) is 12.4. The van der Waals surface area contributed by atoms with E-state index in [4.69, 9.17) is 0 Å². The molecule has 0 bridgehead atoms. The van der Waals surface area contributed by atoms with Crippen molar-refractivity contribution in [3.8, 4) is 0 Å². The van der Waals surface area contributed by atoms with Gasteiger partial charge in [0.05, 0.1) is 0 Å². The third-order valence-electron chi connectivity index (χ3n) is 4.85. The van der Waals surface area contributed by atoms with Crippen LogP contribution >= 0.6 is 0 Å². The molecule has 1 aliphatic heterocycles. The summed E-state index contributed by atoms with van der Waals surface area (Å²) >= 11 is 0. The number of likely N-dealkylation sites (tertiary alicyclic amines) is 1. The van der Waals surface area contributed by atoms with E-state index >= 15 is 0 Å². The van der Waals surface area contributed by atoms with Gasteiger partial charge in [-0.1, -0.05) is 6.92 Å². The molecule has 0 aromatic heterocycles.